The highest BCUT2D eigenvalue weighted by molar-refractivity contribution is 6.50. The summed E-state index contributed by atoms with van der Waals surface area (Å²) < 4.78 is 0. The summed E-state index contributed by atoms with van der Waals surface area (Å²) in [7, 11) is 0. The van der Waals surface area contributed by atoms with Gasteiger partial charge in [0.1, 0.15) is 11.4 Å². The van der Waals surface area contributed by atoms with Crippen LogP contribution in [0.15, 0.2) is 29.3 Å². The number of halogens is 1. The quantitative estimate of drug-likeness (QED) is 0.831. The molecular formula is C14H15ClN2O. The van der Waals surface area contributed by atoms with Crippen LogP contribution in [-0.4, -0.2) is 17.3 Å². The molecule has 0 radical (unpaired) electrons. The standard InChI is InChI=1S/C14H15ClN2O/c15-11-7-3-2-6-10(11)12-13(18)17-14(16-12)8-4-1-5-9-14/h2-3,6-7H,1,4-5,8-9H2,(H,17,18). The van der Waals surface area contributed by atoms with E-state index in [0.29, 0.717) is 10.7 Å². The van der Waals surface area contributed by atoms with Crippen LogP contribution in [0.2, 0.25) is 5.02 Å². The average molecular weight is 263 g/mol. The minimum Gasteiger partial charge on any atom is -0.326 e. The molecule has 4 heteroatoms. The highest BCUT2D eigenvalue weighted by Gasteiger charge is 2.40. The third kappa shape index (κ3) is 1.93. The summed E-state index contributed by atoms with van der Waals surface area (Å²) in [4.78, 5) is 16.8. The maximum atomic E-state index is 12.1. The first kappa shape index (κ1) is 11.7. The van der Waals surface area contributed by atoms with E-state index in [1.54, 1.807) is 6.07 Å². The van der Waals surface area contributed by atoms with E-state index in [1.807, 2.05) is 18.2 Å². The molecule has 1 aliphatic heterocycles. The molecule has 0 bridgehead atoms. The fourth-order valence-electron chi connectivity index (χ4n) is 2.77. The zero-order chi connectivity index (χ0) is 12.6. The lowest BCUT2D eigenvalue weighted by atomic mass is 9.90. The number of carbonyl (C=O) groups is 1. The van der Waals surface area contributed by atoms with Gasteiger partial charge >= 0.3 is 0 Å². The van der Waals surface area contributed by atoms with Crippen molar-refractivity contribution in [1.82, 2.24) is 5.32 Å². The van der Waals surface area contributed by atoms with Crippen LogP contribution < -0.4 is 5.32 Å². The number of rotatable bonds is 1. The summed E-state index contributed by atoms with van der Waals surface area (Å²) in [5.41, 5.74) is 0.866. The Morgan fingerprint density at radius 2 is 1.89 bits per heavy atom. The van der Waals surface area contributed by atoms with Crippen molar-refractivity contribution in [2.75, 3.05) is 0 Å². The average Bonchev–Trinajstić information content (AvgIpc) is 2.67. The van der Waals surface area contributed by atoms with Crippen molar-refractivity contribution >= 4 is 23.2 Å². The van der Waals surface area contributed by atoms with Crippen molar-refractivity contribution in [3.05, 3.63) is 34.9 Å². The molecule has 0 aromatic heterocycles. The van der Waals surface area contributed by atoms with Gasteiger partial charge in [-0.05, 0) is 31.7 Å². The van der Waals surface area contributed by atoms with Crippen molar-refractivity contribution in [1.29, 1.82) is 0 Å². The molecule has 1 aromatic rings. The highest BCUT2D eigenvalue weighted by atomic mass is 35.5. The van der Waals surface area contributed by atoms with Gasteiger partial charge in [-0.2, -0.15) is 0 Å². The Morgan fingerprint density at radius 1 is 1.17 bits per heavy atom. The van der Waals surface area contributed by atoms with Crippen LogP contribution in [-0.2, 0) is 4.79 Å². The van der Waals surface area contributed by atoms with Gasteiger partial charge in [0.25, 0.3) is 5.91 Å². The summed E-state index contributed by atoms with van der Waals surface area (Å²) in [6.45, 7) is 0. The molecule has 1 fully saturated rings. The summed E-state index contributed by atoms with van der Waals surface area (Å²) in [6, 6.07) is 7.37. The molecule has 1 amide bonds. The first-order valence-electron chi connectivity index (χ1n) is 6.37. The molecule has 0 atom stereocenters. The Bertz CT molecular complexity index is 518. The second-order valence-electron chi connectivity index (χ2n) is 4.99. The fourth-order valence-corrected chi connectivity index (χ4v) is 3.00. The number of hydrogen-bond donors (Lipinski definition) is 1. The number of hydrogen-bond acceptors (Lipinski definition) is 2. The van der Waals surface area contributed by atoms with Crippen molar-refractivity contribution in [3.8, 4) is 0 Å². The molecule has 1 aromatic carbocycles. The molecule has 94 valence electrons. The van der Waals surface area contributed by atoms with Crippen LogP contribution in [0.1, 0.15) is 37.7 Å². The van der Waals surface area contributed by atoms with E-state index in [0.717, 1.165) is 31.2 Å². The smallest absolute Gasteiger partial charge is 0.272 e. The molecule has 3 rings (SSSR count). The fraction of sp³-hybridized carbons (Fsp3) is 0.429. The molecule has 3 nitrogen and oxygen atoms in total. The summed E-state index contributed by atoms with van der Waals surface area (Å²) in [6.07, 6.45) is 5.35. The normalized spacial score (nSPS) is 21.8. The number of amides is 1. The third-order valence-electron chi connectivity index (χ3n) is 3.70. The molecule has 1 N–H and O–H groups in total. The lowest BCUT2D eigenvalue weighted by Crippen LogP contribution is -2.43. The van der Waals surface area contributed by atoms with E-state index >= 15 is 0 Å². The minimum atomic E-state index is -0.357. The maximum Gasteiger partial charge on any atom is 0.272 e. The van der Waals surface area contributed by atoms with E-state index in [4.69, 9.17) is 11.6 Å². The Morgan fingerprint density at radius 3 is 2.61 bits per heavy atom. The Balaban J connectivity index is 1.99. The van der Waals surface area contributed by atoms with Crippen LogP contribution >= 0.6 is 11.6 Å². The first-order valence-corrected chi connectivity index (χ1v) is 6.75. The van der Waals surface area contributed by atoms with Gasteiger partial charge in [0.2, 0.25) is 0 Å². The van der Waals surface area contributed by atoms with Gasteiger partial charge in [0, 0.05) is 5.56 Å². The molecule has 1 heterocycles. The summed E-state index contributed by atoms with van der Waals surface area (Å²) in [5, 5.41) is 3.63. The Labute approximate surface area is 111 Å². The van der Waals surface area contributed by atoms with Crippen LogP contribution in [0, 0.1) is 0 Å². The number of nitrogens with one attached hydrogen (secondary N) is 1. The highest BCUT2D eigenvalue weighted by Crippen LogP contribution is 2.33. The summed E-state index contributed by atoms with van der Waals surface area (Å²) >= 11 is 6.14. The molecule has 0 unspecified atom stereocenters. The third-order valence-corrected chi connectivity index (χ3v) is 4.03. The van der Waals surface area contributed by atoms with Crippen LogP contribution in [0.3, 0.4) is 0 Å². The predicted molar refractivity (Wildman–Crippen MR) is 71.9 cm³/mol. The van der Waals surface area contributed by atoms with Crippen LogP contribution in [0.25, 0.3) is 0 Å². The van der Waals surface area contributed by atoms with Gasteiger partial charge < -0.3 is 5.32 Å². The van der Waals surface area contributed by atoms with Crippen LogP contribution in [0.5, 0.6) is 0 Å². The number of benzene rings is 1. The second kappa shape index (κ2) is 4.39. The Hall–Kier alpha value is -1.35. The number of carbonyl (C=O) groups excluding carboxylic acids is 1. The topological polar surface area (TPSA) is 41.5 Å². The molecule has 1 saturated carbocycles. The van der Waals surface area contributed by atoms with E-state index in [9.17, 15) is 4.79 Å². The van der Waals surface area contributed by atoms with Gasteiger partial charge in [-0.3, -0.25) is 9.79 Å². The number of aliphatic imine (C=N–C) groups is 1. The molecule has 2 aliphatic rings. The van der Waals surface area contributed by atoms with E-state index < -0.39 is 0 Å². The second-order valence-corrected chi connectivity index (χ2v) is 5.39. The molecule has 18 heavy (non-hydrogen) atoms. The Kier molecular flexibility index (Phi) is 2.86. The first-order chi connectivity index (χ1) is 8.70. The molecule has 1 aliphatic carbocycles. The van der Waals surface area contributed by atoms with Gasteiger partial charge in [0.05, 0.1) is 5.02 Å². The number of nitrogens with zero attached hydrogens (tertiary/aromatic N) is 1. The van der Waals surface area contributed by atoms with Crippen molar-refractivity contribution in [2.24, 2.45) is 4.99 Å². The largest absolute Gasteiger partial charge is 0.326 e. The summed E-state index contributed by atoms with van der Waals surface area (Å²) in [5.74, 6) is -0.0926. The maximum absolute atomic E-state index is 12.1. The molecule has 1 spiro atoms. The van der Waals surface area contributed by atoms with E-state index in [2.05, 4.69) is 10.3 Å². The zero-order valence-corrected chi connectivity index (χ0v) is 10.8. The zero-order valence-electron chi connectivity index (χ0n) is 10.1. The van der Waals surface area contributed by atoms with Gasteiger partial charge in [-0.15, -0.1) is 0 Å². The minimum absolute atomic E-state index is 0.0926. The van der Waals surface area contributed by atoms with Crippen molar-refractivity contribution in [2.45, 2.75) is 37.8 Å². The van der Waals surface area contributed by atoms with Gasteiger partial charge in [-0.25, -0.2) is 0 Å². The van der Waals surface area contributed by atoms with Crippen molar-refractivity contribution < 1.29 is 4.79 Å². The predicted octanol–water partition coefficient (Wildman–Crippen LogP) is 2.92. The molecule has 0 saturated heterocycles. The monoisotopic (exact) mass is 262 g/mol. The van der Waals surface area contributed by atoms with Gasteiger partial charge in [0.15, 0.2) is 0 Å². The lowest BCUT2D eigenvalue weighted by molar-refractivity contribution is -0.115. The van der Waals surface area contributed by atoms with Crippen molar-refractivity contribution in [3.63, 3.8) is 0 Å². The van der Waals surface area contributed by atoms with E-state index in [1.165, 1.54) is 6.42 Å². The SMILES string of the molecule is O=C1NC2(CCCCC2)N=C1c1ccccc1Cl. The van der Waals surface area contributed by atoms with Gasteiger partial charge in [-0.1, -0.05) is 36.2 Å². The van der Waals surface area contributed by atoms with E-state index in [-0.39, 0.29) is 11.6 Å². The molecular weight excluding hydrogens is 248 g/mol. The van der Waals surface area contributed by atoms with Crippen LogP contribution in [0.4, 0.5) is 0 Å². The lowest BCUT2D eigenvalue weighted by Gasteiger charge is -2.30.